The van der Waals surface area contributed by atoms with Gasteiger partial charge in [-0.05, 0) is 54.8 Å². The Labute approximate surface area is 106 Å². The maximum atomic E-state index is 7.48. The van der Waals surface area contributed by atoms with Crippen molar-refractivity contribution in [1.82, 2.24) is 0 Å². The van der Waals surface area contributed by atoms with Gasteiger partial charge < -0.3 is 4.85 Å². The van der Waals surface area contributed by atoms with Crippen molar-refractivity contribution < 1.29 is 0 Å². The lowest BCUT2D eigenvalue weighted by molar-refractivity contribution is 0.137. The molecule has 94 valence electrons. The Morgan fingerprint density at radius 2 is 1.82 bits per heavy atom. The van der Waals surface area contributed by atoms with Crippen LogP contribution in [0.5, 0.6) is 0 Å². The van der Waals surface area contributed by atoms with Crippen LogP contribution >= 0.6 is 0 Å². The molecule has 1 heteroatoms. The molecule has 1 spiro atoms. The summed E-state index contributed by atoms with van der Waals surface area (Å²) in [6.45, 7) is 16.8. The first-order valence-corrected chi connectivity index (χ1v) is 7.33. The zero-order chi connectivity index (χ0) is 12.4. The van der Waals surface area contributed by atoms with Crippen molar-refractivity contribution in [2.45, 2.75) is 58.9 Å². The SMILES string of the molecule is [C-]#[N+]C(C)(C)[C@@H]1CC[C@@H](C)[C@]23CC[C@@H](C)[C@H]2[C@H]13. The van der Waals surface area contributed by atoms with E-state index < -0.39 is 0 Å². The van der Waals surface area contributed by atoms with Crippen molar-refractivity contribution in [1.29, 1.82) is 0 Å². The molecule has 0 bridgehead atoms. The highest BCUT2D eigenvalue weighted by Gasteiger charge is 2.76. The van der Waals surface area contributed by atoms with Gasteiger partial charge in [-0.3, -0.25) is 0 Å². The second kappa shape index (κ2) is 3.28. The van der Waals surface area contributed by atoms with Gasteiger partial charge in [-0.25, -0.2) is 6.57 Å². The molecule has 3 aliphatic rings. The Morgan fingerprint density at radius 1 is 1.12 bits per heavy atom. The van der Waals surface area contributed by atoms with Gasteiger partial charge >= 0.3 is 0 Å². The molecule has 0 radical (unpaired) electrons. The standard InChI is InChI=1S/C16H25N/c1-10-8-9-16-11(2)6-7-12(14(16)13(10)16)15(3,4)17-5/h10-14H,6-9H2,1-4H3/t10-,11-,12-,13+,14+,16-/m1/s1. The summed E-state index contributed by atoms with van der Waals surface area (Å²) in [4.78, 5) is 3.95. The Balaban J connectivity index is 1.92. The van der Waals surface area contributed by atoms with E-state index in [0.717, 1.165) is 23.7 Å². The molecule has 3 rings (SSSR count). The Kier molecular flexibility index (Phi) is 2.23. The van der Waals surface area contributed by atoms with Crippen LogP contribution in [0.4, 0.5) is 0 Å². The lowest BCUT2D eigenvalue weighted by Gasteiger charge is -2.36. The third kappa shape index (κ3) is 1.25. The molecule has 0 unspecified atom stereocenters. The monoisotopic (exact) mass is 231 g/mol. The van der Waals surface area contributed by atoms with Crippen LogP contribution in [0.2, 0.25) is 0 Å². The van der Waals surface area contributed by atoms with Crippen molar-refractivity contribution in [3.8, 4) is 0 Å². The largest absolute Gasteiger partial charge is 0.311 e. The smallest absolute Gasteiger partial charge is 0.230 e. The molecule has 0 amide bonds. The van der Waals surface area contributed by atoms with Crippen molar-refractivity contribution >= 4 is 0 Å². The Bertz CT molecular complexity index is 377. The average molecular weight is 231 g/mol. The minimum absolute atomic E-state index is 0.123. The minimum Gasteiger partial charge on any atom is -0.311 e. The molecule has 0 saturated heterocycles. The molecule has 0 aliphatic heterocycles. The number of fused-ring (bicyclic) bond motifs is 1. The van der Waals surface area contributed by atoms with E-state index in [0.29, 0.717) is 11.3 Å². The predicted octanol–water partition coefficient (Wildman–Crippen LogP) is 4.39. The molecule has 3 fully saturated rings. The summed E-state index contributed by atoms with van der Waals surface area (Å²) in [5.74, 6) is 4.36. The molecule has 0 aromatic carbocycles. The van der Waals surface area contributed by atoms with E-state index in [2.05, 4.69) is 32.5 Å². The molecule has 17 heavy (non-hydrogen) atoms. The van der Waals surface area contributed by atoms with Gasteiger partial charge in [0.15, 0.2) is 0 Å². The summed E-state index contributed by atoms with van der Waals surface area (Å²) in [6, 6.07) is 0. The van der Waals surface area contributed by atoms with Gasteiger partial charge in [0.1, 0.15) is 0 Å². The van der Waals surface area contributed by atoms with E-state index in [-0.39, 0.29) is 5.54 Å². The Morgan fingerprint density at radius 3 is 2.47 bits per heavy atom. The van der Waals surface area contributed by atoms with E-state index in [1.165, 1.54) is 25.7 Å². The molecular formula is C16H25N. The molecule has 0 N–H and O–H groups in total. The molecule has 3 saturated carbocycles. The van der Waals surface area contributed by atoms with Gasteiger partial charge in [0, 0.05) is 19.8 Å². The van der Waals surface area contributed by atoms with Crippen LogP contribution in [0.25, 0.3) is 4.85 Å². The number of rotatable bonds is 1. The van der Waals surface area contributed by atoms with Crippen molar-refractivity contribution in [3.05, 3.63) is 11.4 Å². The van der Waals surface area contributed by atoms with E-state index in [9.17, 15) is 0 Å². The second-order valence-electron chi connectivity index (χ2n) is 7.53. The van der Waals surface area contributed by atoms with E-state index in [1.807, 2.05) is 0 Å². The van der Waals surface area contributed by atoms with Gasteiger partial charge in [0.05, 0.1) is 0 Å². The van der Waals surface area contributed by atoms with Crippen LogP contribution in [-0.2, 0) is 0 Å². The fourth-order valence-corrected chi connectivity index (χ4v) is 5.68. The van der Waals surface area contributed by atoms with Crippen LogP contribution in [0.1, 0.15) is 53.4 Å². The van der Waals surface area contributed by atoms with Crippen LogP contribution in [0.15, 0.2) is 0 Å². The van der Waals surface area contributed by atoms with Gasteiger partial charge in [0.2, 0.25) is 5.54 Å². The summed E-state index contributed by atoms with van der Waals surface area (Å²) in [5.41, 5.74) is 0.548. The quantitative estimate of drug-likeness (QED) is 0.589. The topological polar surface area (TPSA) is 4.36 Å². The minimum atomic E-state index is -0.123. The molecule has 0 aromatic heterocycles. The summed E-state index contributed by atoms with van der Waals surface area (Å²) in [6.07, 6.45) is 5.56. The third-order valence-corrected chi connectivity index (χ3v) is 6.62. The molecular weight excluding hydrogens is 206 g/mol. The first kappa shape index (κ1) is 11.6. The van der Waals surface area contributed by atoms with E-state index in [1.54, 1.807) is 0 Å². The highest BCUT2D eigenvalue weighted by Crippen LogP contribution is 2.79. The Hall–Kier alpha value is -0.510. The lowest BCUT2D eigenvalue weighted by atomic mass is 9.67. The van der Waals surface area contributed by atoms with Crippen molar-refractivity contribution in [2.24, 2.45) is 35.0 Å². The van der Waals surface area contributed by atoms with Gasteiger partial charge in [0.25, 0.3) is 0 Å². The van der Waals surface area contributed by atoms with E-state index in [4.69, 9.17) is 6.57 Å². The highest BCUT2D eigenvalue weighted by molar-refractivity contribution is 5.24. The van der Waals surface area contributed by atoms with Crippen molar-refractivity contribution in [3.63, 3.8) is 0 Å². The summed E-state index contributed by atoms with van der Waals surface area (Å²) in [5, 5.41) is 0. The molecule has 0 heterocycles. The van der Waals surface area contributed by atoms with E-state index >= 15 is 0 Å². The molecule has 6 atom stereocenters. The fraction of sp³-hybridized carbons (Fsp3) is 0.938. The first-order chi connectivity index (χ1) is 7.95. The highest BCUT2D eigenvalue weighted by atomic mass is 14.9. The fourth-order valence-electron chi connectivity index (χ4n) is 5.68. The average Bonchev–Trinajstić information content (AvgIpc) is 2.86. The number of hydrogen-bond acceptors (Lipinski definition) is 0. The second-order valence-corrected chi connectivity index (χ2v) is 7.53. The molecule has 3 aliphatic carbocycles. The summed E-state index contributed by atoms with van der Waals surface area (Å²) < 4.78 is 0. The normalized spacial score (nSPS) is 52.5. The predicted molar refractivity (Wildman–Crippen MR) is 70.4 cm³/mol. The van der Waals surface area contributed by atoms with Crippen molar-refractivity contribution in [2.75, 3.05) is 0 Å². The van der Waals surface area contributed by atoms with Gasteiger partial charge in [-0.15, -0.1) is 0 Å². The lowest BCUT2D eigenvalue weighted by Crippen LogP contribution is -2.36. The summed E-state index contributed by atoms with van der Waals surface area (Å²) >= 11 is 0. The zero-order valence-corrected chi connectivity index (χ0v) is 11.7. The first-order valence-electron chi connectivity index (χ1n) is 7.33. The van der Waals surface area contributed by atoms with Crippen LogP contribution in [0.3, 0.4) is 0 Å². The van der Waals surface area contributed by atoms with Crippen LogP contribution in [-0.4, -0.2) is 5.54 Å². The number of nitrogens with zero attached hydrogens (tertiary/aromatic N) is 1. The third-order valence-electron chi connectivity index (χ3n) is 6.62. The maximum Gasteiger partial charge on any atom is 0.230 e. The number of hydrogen-bond donors (Lipinski definition) is 0. The molecule has 1 nitrogen and oxygen atoms in total. The van der Waals surface area contributed by atoms with Crippen LogP contribution in [0, 0.1) is 41.6 Å². The maximum absolute atomic E-state index is 7.48. The molecule has 0 aromatic rings. The summed E-state index contributed by atoms with van der Waals surface area (Å²) in [7, 11) is 0. The van der Waals surface area contributed by atoms with Crippen LogP contribution < -0.4 is 0 Å². The van der Waals surface area contributed by atoms with Gasteiger partial charge in [-0.1, -0.05) is 13.8 Å². The zero-order valence-electron chi connectivity index (χ0n) is 11.7. The van der Waals surface area contributed by atoms with Gasteiger partial charge in [-0.2, -0.15) is 0 Å².